The van der Waals surface area contributed by atoms with E-state index in [0.717, 1.165) is 32.5 Å². The van der Waals surface area contributed by atoms with E-state index < -0.39 is 24.5 Å². The van der Waals surface area contributed by atoms with Crippen LogP contribution < -0.4 is 29.6 Å². The first-order chi connectivity index (χ1) is 23.2. The summed E-state index contributed by atoms with van der Waals surface area (Å²) in [6, 6.07) is 0. The summed E-state index contributed by atoms with van der Waals surface area (Å²) in [4.78, 5) is 26.9. The van der Waals surface area contributed by atoms with E-state index in [-0.39, 0.29) is 85.6 Å². The number of allylic oxidation sites excluding steroid dienone is 1. The normalized spacial score (nSPS) is 33.7. The molecule has 5 rings (SSSR count). The van der Waals surface area contributed by atoms with Crippen LogP contribution in [-0.2, 0) is 61.6 Å². The van der Waals surface area contributed by atoms with Crippen LogP contribution in [0.3, 0.4) is 0 Å². The van der Waals surface area contributed by atoms with Crippen LogP contribution in [0.15, 0.2) is 12.2 Å². The van der Waals surface area contributed by atoms with Crippen LogP contribution >= 0.6 is 7.14 Å². The molecule has 0 unspecified atom stereocenters. The van der Waals surface area contributed by atoms with Gasteiger partial charge in [0, 0.05) is 32.2 Å². The van der Waals surface area contributed by atoms with Gasteiger partial charge in [-0.1, -0.05) is 46.8 Å². The zero-order chi connectivity index (χ0) is 38.4. The number of ether oxygens (including phenoxy) is 9. The molecule has 0 bridgehead atoms. The molecule has 0 aromatic heterocycles. The van der Waals surface area contributed by atoms with Crippen molar-refractivity contribution in [2.75, 3.05) is 46.4 Å². The molecule has 5 aliphatic heterocycles. The number of hydrogen-bond acceptors (Lipinski definition) is 13. The average Bonchev–Trinajstić information content (AvgIpc) is 3.83. The van der Waals surface area contributed by atoms with Gasteiger partial charge in [-0.05, 0) is 80.1 Å². The number of fused-ring (bicyclic) bond motifs is 2. The van der Waals surface area contributed by atoms with Crippen molar-refractivity contribution in [2.24, 2.45) is 11.8 Å². The number of carbonyl (C=O) groups excluding carboxylic acids is 3. The molecule has 0 N–H and O–H groups in total. The Morgan fingerprint density at radius 1 is 0.843 bits per heavy atom. The fraction of sp³-hybridized carbons (Fsp3) is 0.889. The summed E-state index contributed by atoms with van der Waals surface area (Å²) < 4.78 is 61.3. The van der Waals surface area contributed by atoms with Crippen LogP contribution in [0.1, 0.15) is 103 Å². The first kappa shape index (κ1) is 50.5. The van der Waals surface area contributed by atoms with Gasteiger partial charge in [0.2, 0.25) is 0 Å². The fourth-order valence-corrected chi connectivity index (χ4v) is 7.09. The molecular formula is C36H66NaO13P. The molecule has 0 spiro atoms. The molecule has 5 fully saturated rings. The number of hydrogen-bond donors (Lipinski definition) is 0. The summed E-state index contributed by atoms with van der Waals surface area (Å²) in [7, 11) is -0.553. The van der Waals surface area contributed by atoms with Crippen LogP contribution in [0.2, 0.25) is 0 Å². The molecule has 5 aliphatic rings. The summed E-state index contributed by atoms with van der Waals surface area (Å²) in [5.74, 6) is -1.47. The van der Waals surface area contributed by atoms with Crippen molar-refractivity contribution in [3.8, 4) is 0 Å². The minimum atomic E-state index is -2.23. The third-order valence-corrected chi connectivity index (χ3v) is 9.97. The van der Waals surface area contributed by atoms with Crippen molar-refractivity contribution in [2.45, 2.75) is 149 Å². The third kappa shape index (κ3) is 15.6. The fourth-order valence-electron chi connectivity index (χ4n) is 6.37. The quantitative estimate of drug-likeness (QED) is 0.154. The van der Waals surface area contributed by atoms with Crippen LogP contribution in [-0.4, -0.2) is 106 Å². The maximum Gasteiger partial charge on any atom is 1.00 e. The van der Waals surface area contributed by atoms with Crippen LogP contribution in [0.5, 0.6) is 0 Å². The van der Waals surface area contributed by atoms with Gasteiger partial charge >= 0.3 is 41.7 Å². The van der Waals surface area contributed by atoms with Gasteiger partial charge in [-0.15, -0.1) is 0 Å². The molecule has 294 valence electrons. The van der Waals surface area contributed by atoms with Crippen molar-refractivity contribution in [1.29, 1.82) is 0 Å². The SMILES string of the molecule is C1CCOC1.CC/C=C/[C@]1(CC)O[C@@H]2OC(C)(C)O[C@@H]2[C@@H]1C.CCOC(=O)CP(C)(C)=O.CC[C@@]1(OC)O[C@@H]2OC(C)(C)O[C@@H]2[C@@H]1C.O=C=O.[H-].[Na+]. The van der Waals surface area contributed by atoms with Crippen LogP contribution in [0.4, 0.5) is 0 Å². The van der Waals surface area contributed by atoms with E-state index in [1.165, 1.54) is 12.8 Å². The van der Waals surface area contributed by atoms with E-state index in [4.69, 9.17) is 47.5 Å². The molecule has 5 saturated heterocycles. The van der Waals surface area contributed by atoms with E-state index in [0.29, 0.717) is 12.5 Å². The van der Waals surface area contributed by atoms with Crippen molar-refractivity contribution in [3.63, 3.8) is 0 Å². The first-order valence-corrected chi connectivity index (χ1v) is 20.6. The first-order valence-electron chi connectivity index (χ1n) is 17.8. The van der Waals surface area contributed by atoms with Crippen LogP contribution in [0.25, 0.3) is 0 Å². The second kappa shape index (κ2) is 22.8. The molecular weight excluding hydrogens is 694 g/mol. The molecule has 13 nitrogen and oxygen atoms in total. The molecule has 8 atom stereocenters. The number of carbonyl (C=O) groups is 1. The van der Waals surface area contributed by atoms with Crippen molar-refractivity contribution >= 4 is 19.3 Å². The van der Waals surface area contributed by atoms with E-state index >= 15 is 0 Å². The zero-order valence-corrected chi connectivity index (χ0v) is 36.6. The smallest absolute Gasteiger partial charge is 1.00 e. The van der Waals surface area contributed by atoms with Gasteiger partial charge in [0.25, 0.3) is 0 Å². The Balaban J connectivity index is 0. The van der Waals surface area contributed by atoms with Gasteiger partial charge in [0.15, 0.2) is 29.9 Å². The Hall–Kier alpha value is -0.500. The van der Waals surface area contributed by atoms with Gasteiger partial charge in [-0.3, -0.25) is 4.79 Å². The minimum Gasteiger partial charge on any atom is -1.00 e. The summed E-state index contributed by atoms with van der Waals surface area (Å²) >= 11 is 0. The van der Waals surface area contributed by atoms with Gasteiger partial charge in [0.05, 0.1) is 25.5 Å². The Kier molecular flexibility index (Phi) is 22.6. The van der Waals surface area contributed by atoms with Gasteiger partial charge in [-0.25, -0.2) is 0 Å². The monoisotopic (exact) mass is 760 g/mol. The number of esters is 1. The Labute approximate surface area is 330 Å². The van der Waals surface area contributed by atoms with E-state index in [9.17, 15) is 9.36 Å². The minimum absolute atomic E-state index is 0. The third-order valence-electron chi connectivity index (χ3n) is 8.95. The molecule has 51 heavy (non-hydrogen) atoms. The second-order valence-electron chi connectivity index (χ2n) is 14.2. The summed E-state index contributed by atoms with van der Waals surface area (Å²) in [5, 5.41) is 0. The molecule has 15 heteroatoms. The standard InChI is InChI=1S/C14H24O3.C11H20O4.C6H13O3P.C4H8O.CO2.Na.H/c1-6-8-9-14(7-2)10(3)11-12(17-14)16-13(4,5)15-11;1-6-11(12-5)7(2)8-9(15-11)14-10(3,4)13-8;1-4-9-6(7)5-10(2,3)8;1-2-4-5-3-1;2-1-3;;/h8-12H,6-7H2,1-5H3;7-9H,6H2,1-5H3;4-5H2,1-3H3;1-4H2;;;/q;;;;;+1;-1/b9-8+;;;;;;/t10-,11+,12-,14-;7-,8+,9-,11+;;;;;/m00...../s1. The zero-order valence-electron chi connectivity index (χ0n) is 34.7. The summed E-state index contributed by atoms with van der Waals surface area (Å²) in [6.45, 7) is 25.5. The van der Waals surface area contributed by atoms with Gasteiger partial charge < -0.3 is 48.6 Å². The molecule has 0 aromatic carbocycles. The van der Waals surface area contributed by atoms with Crippen LogP contribution in [0, 0.1) is 11.8 Å². The predicted octanol–water partition coefficient (Wildman–Crippen LogP) is 3.63. The summed E-state index contributed by atoms with van der Waals surface area (Å²) in [5.41, 5.74) is -0.220. The maximum absolute atomic E-state index is 11.0. The van der Waals surface area contributed by atoms with E-state index in [2.05, 4.69) is 44.6 Å². The largest absolute Gasteiger partial charge is 1.00 e. The van der Waals surface area contributed by atoms with Crippen molar-refractivity contribution in [3.05, 3.63) is 12.2 Å². The summed E-state index contributed by atoms with van der Waals surface area (Å²) in [6.07, 6.45) is 9.50. The number of methoxy groups -OCH3 is 1. The molecule has 0 saturated carbocycles. The molecule has 0 aromatic rings. The molecule has 0 amide bonds. The second-order valence-corrected chi connectivity index (χ2v) is 17.6. The average molecular weight is 761 g/mol. The predicted molar refractivity (Wildman–Crippen MR) is 188 cm³/mol. The molecule has 0 aliphatic carbocycles. The van der Waals surface area contributed by atoms with Gasteiger partial charge in [-0.2, -0.15) is 9.59 Å². The molecule has 5 heterocycles. The Morgan fingerprint density at radius 3 is 1.67 bits per heavy atom. The maximum atomic E-state index is 11.0. The Morgan fingerprint density at radius 2 is 1.33 bits per heavy atom. The van der Waals surface area contributed by atoms with E-state index in [1.54, 1.807) is 27.4 Å². The van der Waals surface area contributed by atoms with Gasteiger partial charge in [0.1, 0.15) is 12.2 Å². The molecule has 0 radical (unpaired) electrons. The van der Waals surface area contributed by atoms with Crippen molar-refractivity contribution in [1.82, 2.24) is 0 Å². The van der Waals surface area contributed by atoms with Crippen molar-refractivity contribution < 1.29 is 92.6 Å². The number of rotatable bonds is 8. The Bertz CT molecular complexity index is 1130. The van der Waals surface area contributed by atoms with E-state index in [1.807, 2.05) is 34.6 Å². The topological polar surface area (TPSA) is 151 Å².